The van der Waals surface area contributed by atoms with E-state index in [4.69, 9.17) is 21.9 Å². The number of benzene rings is 1. The fourth-order valence-corrected chi connectivity index (χ4v) is 3.06. The molecule has 6 heteroatoms. The maximum absolute atomic E-state index is 13.0. The highest BCUT2D eigenvalue weighted by Crippen LogP contribution is 2.39. The molecule has 3 rings (SSSR count). The van der Waals surface area contributed by atoms with E-state index < -0.39 is 0 Å². The van der Waals surface area contributed by atoms with Gasteiger partial charge in [-0.25, -0.2) is 4.39 Å². The first-order valence-electron chi connectivity index (χ1n) is 6.68. The highest BCUT2D eigenvalue weighted by Gasteiger charge is 2.32. The van der Waals surface area contributed by atoms with Crippen LogP contribution in [-0.2, 0) is 0 Å². The molecule has 0 bridgehead atoms. The van der Waals surface area contributed by atoms with Gasteiger partial charge in [-0.3, -0.25) is 0 Å². The van der Waals surface area contributed by atoms with Gasteiger partial charge >= 0.3 is 0 Å². The second-order valence-corrected chi connectivity index (χ2v) is 5.52. The first kappa shape index (κ1) is 13.5. The first-order valence-corrected chi connectivity index (χ1v) is 7.06. The predicted molar refractivity (Wildman–Crippen MR) is 73.8 cm³/mol. The van der Waals surface area contributed by atoms with Crippen LogP contribution in [0.1, 0.15) is 31.1 Å². The Morgan fingerprint density at radius 3 is 3.00 bits per heavy atom. The predicted octanol–water partition coefficient (Wildman–Crippen LogP) is 3.37. The van der Waals surface area contributed by atoms with E-state index in [9.17, 15) is 4.39 Å². The SMILES string of the molecule is NCC1CCCC1c1nc(-c2ccc(F)cc2Cl)no1. The lowest BCUT2D eigenvalue weighted by atomic mass is 9.96. The van der Waals surface area contributed by atoms with Crippen molar-refractivity contribution in [1.29, 1.82) is 0 Å². The van der Waals surface area contributed by atoms with Crippen LogP contribution in [-0.4, -0.2) is 16.7 Å². The summed E-state index contributed by atoms with van der Waals surface area (Å²) >= 11 is 6.01. The molecule has 2 unspecified atom stereocenters. The largest absolute Gasteiger partial charge is 0.339 e. The Morgan fingerprint density at radius 1 is 1.40 bits per heavy atom. The molecule has 0 radical (unpaired) electrons. The van der Waals surface area contributed by atoms with Crippen molar-refractivity contribution in [3.05, 3.63) is 34.9 Å². The molecule has 106 valence electrons. The summed E-state index contributed by atoms with van der Waals surface area (Å²) in [5, 5.41) is 4.23. The zero-order chi connectivity index (χ0) is 14.1. The molecule has 1 aliphatic carbocycles. The normalized spacial score (nSPS) is 22.4. The van der Waals surface area contributed by atoms with Crippen LogP contribution in [0.5, 0.6) is 0 Å². The summed E-state index contributed by atoms with van der Waals surface area (Å²) in [6.07, 6.45) is 3.23. The molecule has 20 heavy (non-hydrogen) atoms. The summed E-state index contributed by atoms with van der Waals surface area (Å²) in [5.74, 6) is 1.23. The van der Waals surface area contributed by atoms with Gasteiger partial charge in [0.1, 0.15) is 5.82 Å². The van der Waals surface area contributed by atoms with Crippen molar-refractivity contribution in [1.82, 2.24) is 10.1 Å². The van der Waals surface area contributed by atoms with Gasteiger partial charge in [0.05, 0.1) is 5.02 Å². The fraction of sp³-hybridized carbons (Fsp3) is 0.429. The Morgan fingerprint density at radius 2 is 2.25 bits per heavy atom. The van der Waals surface area contributed by atoms with Gasteiger partial charge in [0, 0.05) is 11.5 Å². The molecular formula is C14H15ClFN3O. The van der Waals surface area contributed by atoms with Gasteiger partial charge in [-0.2, -0.15) is 4.98 Å². The summed E-state index contributed by atoms with van der Waals surface area (Å²) in [7, 11) is 0. The molecule has 1 aromatic heterocycles. The zero-order valence-corrected chi connectivity index (χ0v) is 11.6. The highest BCUT2D eigenvalue weighted by atomic mass is 35.5. The van der Waals surface area contributed by atoms with Crippen LogP contribution in [0.3, 0.4) is 0 Å². The lowest BCUT2D eigenvalue weighted by molar-refractivity contribution is 0.326. The monoisotopic (exact) mass is 295 g/mol. The molecule has 0 aliphatic heterocycles. The van der Waals surface area contributed by atoms with Crippen molar-refractivity contribution in [2.24, 2.45) is 11.7 Å². The van der Waals surface area contributed by atoms with Gasteiger partial charge in [0.15, 0.2) is 0 Å². The molecule has 2 aromatic rings. The Bertz CT molecular complexity index is 616. The summed E-state index contributed by atoms with van der Waals surface area (Å²) in [4.78, 5) is 4.41. The van der Waals surface area contributed by atoms with E-state index in [-0.39, 0.29) is 16.8 Å². The number of rotatable bonds is 3. The van der Waals surface area contributed by atoms with Crippen LogP contribution in [0.4, 0.5) is 4.39 Å². The van der Waals surface area contributed by atoms with Gasteiger partial charge in [-0.15, -0.1) is 0 Å². The molecule has 4 nitrogen and oxygen atoms in total. The van der Waals surface area contributed by atoms with E-state index >= 15 is 0 Å². The number of nitrogens with zero attached hydrogens (tertiary/aromatic N) is 2. The molecule has 2 atom stereocenters. The van der Waals surface area contributed by atoms with Crippen molar-refractivity contribution >= 4 is 11.6 Å². The molecule has 2 N–H and O–H groups in total. The standard InChI is InChI=1S/C14H15ClFN3O/c15-12-6-9(16)4-5-11(12)13-18-14(20-19-13)10-3-1-2-8(10)7-17/h4-6,8,10H,1-3,7,17H2. The average Bonchev–Trinajstić information content (AvgIpc) is 3.06. The zero-order valence-electron chi connectivity index (χ0n) is 10.9. The minimum absolute atomic E-state index is 0.223. The Kier molecular flexibility index (Phi) is 3.72. The van der Waals surface area contributed by atoms with Crippen molar-refractivity contribution in [3.8, 4) is 11.4 Å². The van der Waals surface area contributed by atoms with Crippen LogP contribution >= 0.6 is 11.6 Å². The molecule has 1 aromatic carbocycles. The fourth-order valence-electron chi connectivity index (χ4n) is 2.81. The van der Waals surface area contributed by atoms with Crippen LogP contribution in [0.15, 0.2) is 22.7 Å². The lowest BCUT2D eigenvalue weighted by Crippen LogP contribution is -2.17. The lowest BCUT2D eigenvalue weighted by Gasteiger charge is -2.12. The maximum atomic E-state index is 13.0. The van der Waals surface area contributed by atoms with Crippen LogP contribution in [0.2, 0.25) is 5.02 Å². The molecule has 0 saturated heterocycles. The molecule has 1 fully saturated rings. The quantitative estimate of drug-likeness (QED) is 0.943. The summed E-state index contributed by atoms with van der Waals surface area (Å²) in [6.45, 7) is 0.625. The van der Waals surface area contributed by atoms with Crippen molar-refractivity contribution < 1.29 is 8.91 Å². The molecular weight excluding hydrogens is 281 g/mol. The summed E-state index contributed by atoms with van der Waals surface area (Å²) in [6, 6.07) is 4.13. The Labute approximate surface area is 121 Å². The van der Waals surface area contributed by atoms with Gasteiger partial charge in [0.2, 0.25) is 11.7 Å². The van der Waals surface area contributed by atoms with E-state index in [1.54, 1.807) is 6.07 Å². The molecule has 1 heterocycles. The third-order valence-electron chi connectivity index (χ3n) is 3.89. The minimum Gasteiger partial charge on any atom is -0.339 e. The second-order valence-electron chi connectivity index (χ2n) is 5.11. The van der Waals surface area contributed by atoms with Crippen molar-refractivity contribution in [3.63, 3.8) is 0 Å². The number of hydrogen-bond acceptors (Lipinski definition) is 4. The number of hydrogen-bond donors (Lipinski definition) is 1. The Balaban J connectivity index is 1.90. The summed E-state index contributed by atoms with van der Waals surface area (Å²) < 4.78 is 18.4. The van der Waals surface area contributed by atoms with Crippen molar-refractivity contribution in [2.45, 2.75) is 25.2 Å². The average molecular weight is 296 g/mol. The van der Waals surface area contributed by atoms with E-state index in [0.717, 1.165) is 19.3 Å². The van der Waals surface area contributed by atoms with Crippen molar-refractivity contribution in [2.75, 3.05) is 6.54 Å². The van der Waals surface area contributed by atoms with Gasteiger partial charge < -0.3 is 10.3 Å². The third kappa shape index (κ3) is 2.43. The van der Waals surface area contributed by atoms with E-state index in [1.807, 2.05) is 0 Å². The van der Waals surface area contributed by atoms with Crippen LogP contribution in [0, 0.1) is 11.7 Å². The van der Waals surface area contributed by atoms with Crippen LogP contribution in [0.25, 0.3) is 11.4 Å². The molecule has 1 saturated carbocycles. The molecule has 0 spiro atoms. The molecule has 0 amide bonds. The number of halogens is 2. The highest BCUT2D eigenvalue weighted by molar-refractivity contribution is 6.33. The summed E-state index contributed by atoms with van der Waals surface area (Å²) in [5.41, 5.74) is 6.34. The van der Waals surface area contributed by atoms with E-state index in [0.29, 0.717) is 29.7 Å². The minimum atomic E-state index is -0.388. The van der Waals surface area contributed by atoms with E-state index in [1.165, 1.54) is 12.1 Å². The number of aromatic nitrogens is 2. The van der Waals surface area contributed by atoms with Gasteiger partial charge in [-0.05, 0) is 43.5 Å². The first-order chi connectivity index (χ1) is 9.69. The van der Waals surface area contributed by atoms with E-state index in [2.05, 4.69) is 10.1 Å². The Hall–Kier alpha value is -1.46. The topological polar surface area (TPSA) is 64.9 Å². The third-order valence-corrected chi connectivity index (χ3v) is 4.21. The molecule has 1 aliphatic rings. The maximum Gasteiger partial charge on any atom is 0.230 e. The van der Waals surface area contributed by atoms with Gasteiger partial charge in [0.25, 0.3) is 0 Å². The number of nitrogens with two attached hydrogens (primary N) is 1. The van der Waals surface area contributed by atoms with Crippen LogP contribution < -0.4 is 5.73 Å². The van der Waals surface area contributed by atoms with Gasteiger partial charge in [-0.1, -0.05) is 23.2 Å². The smallest absolute Gasteiger partial charge is 0.230 e. The second kappa shape index (κ2) is 5.50.